The lowest BCUT2D eigenvalue weighted by Crippen LogP contribution is -2.57. The standard InChI is InChI=1S/C73H95F4N11O8Si/c1-43(2)97(44(3)4,45(5)6)33-24-53-56(74)15-12-49-35-52(95-42-93-11)36-54(61(49)53)64-63(77)65-55(38-78-64)68(86-40-50-13-14-51(41-86)87(50)72(92)96-73(7,8)9)81-70(80-65)94-32-31-83-25-18-46(19-26-83)34-47-20-27-84(28-21-47)39-48-22-29-85(30-23-48)59-37-57(75)66-67(62(59)76)82(10)71(91)88(66)58-16-17-60(89)79-69(58)90/h12,15,35-38,43-48,50-51,58H,13-14,16-23,25-32,34,39-42H2,1-11H3,(H,79,89,90). The predicted octanol–water partition coefficient (Wildman–Crippen LogP) is 12.3. The smallest absolute Gasteiger partial charge is 0.410 e. The second-order valence-corrected chi connectivity index (χ2v) is 35.6. The Kier molecular flexibility index (Phi) is 20.4. The largest absolute Gasteiger partial charge is 0.468 e. The molecule has 3 amide bonds. The Morgan fingerprint density at radius 3 is 2.03 bits per heavy atom. The number of carbonyl (C=O) groups is 3. The van der Waals surface area contributed by atoms with Crippen molar-refractivity contribution in [3.8, 4) is 34.5 Å². The first-order valence-corrected chi connectivity index (χ1v) is 37.3. The number of carbonyl (C=O) groups excluding carboxylic acids is 3. The zero-order valence-corrected chi connectivity index (χ0v) is 59.2. The first kappa shape index (κ1) is 69.6. The Bertz CT molecular complexity index is 4050. The summed E-state index contributed by atoms with van der Waals surface area (Å²) < 4.78 is 92.9. The molecule has 2 bridgehead atoms. The molecule has 6 aliphatic heterocycles. The van der Waals surface area contributed by atoms with E-state index in [-0.39, 0.29) is 106 Å². The molecule has 6 aliphatic rings. The highest BCUT2D eigenvalue weighted by Crippen LogP contribution is 2.45. The van der Waals surface area contributed by atoms with Crippen molar-refractivity contribution < 1.29 is 50.9 Å². The number of anilines is 2. The summed E-state index contributed by atoms with van der Waals surface area (Å²) in [5.74, 6) is 1.96. The number of piperidine rings is 4. The molecular weight excluding hydrogens is 1260 g/mol. The van der Waals surface area contributed by atoms with Crippen LogP contribution in [0.15, 0.2) is 41.3 Å². The first-order chi connectivity index (χ1) is 46.3. The fourth-order valence-corrected chi connectivity index (χ4v) is 22.2. The van der Waals surface area contributed by atoms with Gasteiger partial charge in [-0.2, -0.15) is 9.97 Å². The van der Waals surface area contributed by atoms with Crippen LogP contribution in [0.3, 0.4) is 0 Å². The van der Waals surface area contributed by atoms with E-state index in [9.17, 15) is 19.2 Å². The number of hydrogen-bond donors (Lipinski definition) is 1. The van der Waals surface area contributed by atoms with Crippen molar-refractivity contribution >= 4 is 70.2 Å². The highest BCUT2D eigenvalue weighted by atomic mass is 28.3. The number of nitrogens with one attached hydrogen (secondary N) is 1. The molecule has 12 rings (SSSR count). The number of amides is 3. The van der Waals surface area contributed by atoms with Crippen LogP contribution in [0, 0.1) is 52.5 Å². The zero-order chi connectivity index (χ0) is 68.9. The van der Waals surface area contributed by atoms with Gasteiger partial charge in [0.1, 0.15) is 66.0 Å². The topological polar surface area (TPSA) is 182 Å². The van der Waals surface area contributed by atoms with Crippen LogP contribution in [-0.2, 0) is 26.1 Å². The molecule has 3 atom stereocenters. The zero-order valence-electron chi connectivity index (χ0n) is 58.2. The second-order valence-electron chi connectivity index (χ2n) is 30.0. The van der Waals surface area contributed by atoms with E-state index in [2.05, 4.69) is 73.0 Å². The normalized spacial score (nSPS) is 20.7. The predicted molar refractivity (Wildman–Crippen MR) is 370 cm³/mol. The summed E-state index contributed by atoms with van der Waals surface area (Å²) >= 11 is 0. The maximum Gasteiger partial charge on any atom is 0.410 e. The molecule has 0 spiro atoms. The number of methoxy groups -OCH3 is 1. The number of aromatic nitrogens is 5. The Morgan fingerprint density at radius 1 is 0.753 bits per heavy atom. The van der Waals surface area contributed by atoms with Crippen LogP contribution in [0.25, 0.3) is 44.0 Å². The molecule has 24 heteroatoms. The summed E-state index contributed by atoms with van der Waals surface area (Å²) in [5.41, 5.74) is 3.21. The molecule has 3 unspecified atom stereocenters. The van der Waals surface area contributed by atoms with Gasteiger partial charge in [-0.3, -0.25) is 38.8 Å². The molecule has 0 aliphatic carbocycles. The van der Waals surface area contributed by atoms with Crippen molar-refractivity contribution in [2.45, 2.75) is 173 Å². The van der Waals surface area contributed by atoms with E-state index in [1.807, 2.05) is 30.6 Å². The van der Waals surface area contributed by atoms with Crippen molar-refractivity contribution in [1.82, 2.24) is 44.1 Å². The number of pyridine rings is 1. The second kappa shape index (κ2) is 28.5. The Balaban J connectivity index is 0.704. The maximum atomic E-state index is 18.2. The number of aryl methyl sites for hydroxylation is 1. The van der Waals surface area contributed by atoms with Crippen molar-refractivity contribution in [2.75, 3.05) is 95.8 Å². The van der Waals surface area contributed by atoms with Crippen LogP contribution in [0.5, 0.6) is 11.8 Å². The third kappa shape index (κ3) is 14.1. The number of imidazole rings is 1. The number of fused-ring (bicyclic) bond motifs is 5. The van der Waals surface area contributed by atoms with Crippen LogP contribution in [0.1, 0.15) is 145 Å². The van der Waals surface area contributed by atoms with Gasteiger partial charge in [-0.15, -0.1) is 5.54 Å². The van der Waals surface area contributed by atoms with Gasteiger partial charge in [0.15, 0.2) is 24.2 Å². The molecule has 6 saturated heterocycles. The average Bonchev–Trinajstić information content (AvgIpc) is 1.69. The van der Waals surface area contributed by atoms with Crippen LogP contribution >= 0.6 is 0 Å². The van der Waals surface area contributed by atoms with Gasteiger partial charge in [-0.1, -0.05) is 53.5 Å². The fourth-order valence-electron chi connectivity index (χ4n) is 17.0. The number of imide groups is 1. The highest BCUT2D eigenvalue weighted by Gasteiger charge is 2.46. The first-order valence-electron chi connectivity index (χ1n) is 35.1. The van der Waals surface area contributed by atoms with E-state index in [0.29, 0.717) is 78.2 Å². The molecule has 97 heavy (non-hydrogen) atoms. The van der Waals surface area contributed by atoms with E-state index in [0.717, 1.165) is 99.3 Å². The number of nitrogens with zero attached hydrogens (tertiary/aromatic N) is 10. The lowest BCUT2D eigenvalue weighted by Gasteiger charge is -2.42. The van der Waals surface area contributed by atoms with Crippen LogP contribution in [-0.4, -0.2) is 168 Å². The minimum absolute atomic E-state index is 0.00514. The molecule has 3 aromatic heterocycles. The fraction of sp³-hybridized carbons (Fsp3) is 0.603. The minimum Gasteiger partial charge on any atom is -0.468 e. The van der Waals surface area contributed by atoms with Crippen molar-refractivity contribution in [2.24, 2.45) is 24.8 Å². The molecule has 1 N–H and O–H groups in total. The summed E-state index contributed by atoms with van der Waals surface area (Å²) in [6, 6.07) is 6.21. The average molecular weight is 1360 g/mol. The quantitative estimate of drug-likeness (QED) is 0.0282. The summed E-state index contributed by atoms with van der Waals surface area (Å²) in [5, 5.41) is 3.59. The molecule has 6 aromatic rings. The van der Waals surface area contributed by atoms with Gasteiger partial charge in [0.2, 0.25) is 11.8 Å². The number of benzene rings is 3. The summed E-state index contributed by atoms with van der Waals surface area (Å²) in [4.78, 5) is 77.1. The number of rotatable bonds is 18. The summed E-state index contributed by atoms with van der Waals surface area (Å²) in [7, 11) is 0.528. The lowest BCUT2D eigenvalue weighted by atomic mass is 9.82. The number of piperazine rings is 1. The number of likely N-dealkylation sites (tertiary alicyclic amines) is 2. The molecule has 0 saturated carbocycles. The van der Waals surface area contributed by atoms with Gasteiger partial charge in [-0.25, -0.2) is 27.2 Å². The Morgan fingerprint density at radius 2 is 1.40 bits per heavy atom. The van der Waals surface area contributed by atoms with E-state index < -0.39 is 60.5 Å². The number of hydrogen-bond acceptors (Lipinski definition) is 15. The summed E-state index contributed by atoms with van der Waals surface area (Å²) in [6.07, 6.45) is 10.1. The van der Waals surface area contributed by atoms with E-state index >= 15 is 17.6 Å². The Labute approximate surface area is 566 Å². The molecule has 19 nitrogen and oxygen atoms in total. The molecular formula is C73H95F4N11O8Si. The van der Waals surface area contributed by atoms with Gasteiger partial charge >= 0.3 is 17.8 Å². The van der Waals surface area contributed by atoms with Crippen molar-refractivity contribution in [3.63, 3.8) is 0 Å². The van der Waals surface area contributed by atoms with Gasteiger partial charge in [0, 0.05) is 83.1 Å². The monoisotopic (exact) mass is 1360 g/mol. The molecule has 3 aromatic carbocycles. The van der Waals surface area contributed by atoms with E-state index in [1.54, 1.807) is 24.4 Å². The highest BCUT2D eigenvalue weighted by molar-refractivity contribution is 6.90. The minimum atomic E-state index is -2.36. The Hall–Kier alpha value is -7.33. The van der Waals surface area contributed by atoms with Crippen LogP contribution < -0.4 is 30.3 Å². The number of halogens is 4. The van der Waals surface area contributed by atoms with E-state index in [1.165, 1.54) is 26.6 Å². The van der Waals surface area contributed by atoms with Crippen molar-refractivity contribution in [1.29, 1.82) is 0 Å². The van der Waals surface area contributed by atoms with Gasteiger partial charge in [0.25, 0.3) is 0 Å². The third-order valence-electron chi connectivity index (χ3n) is 21.9. The number of ether oxygens (including phenoxy) is 4. The van der Waals surface area contributed by atoms with Crippen molar-refractivity contribution in [3.05, 3.63) is 75.8 Å². The van der Waals surface area contributed by atoms with Crippen LogP contribution in [0.2, 0.25) is 16.6 Å². The maximum absolute atomic E-state index is 18.2. The lowest BCUT2D eigenvalue weighted by molar-refractivity contribution is -0.135. The van der Waals surface area contributed by atoms with E-state index in [4.69, 9.17) is 33.9 Å². The summed E-state index contributed by atoms with van der Waals surface area (Å²) in [6.45, 7) is 26.4. The van der Waals surface area contributed by atoms with Gasteiger partial charge < -0.3 is 33.6 Å². The van der Waals surface area contributed by atoms with Crippen LogP contribution in [0.4, 0.5) is 33.9 Å². The SMILES string of the molecule is COCOc1cc(-c2ncc3c(N4CC5CCC(C4)N5C(=O)OC(C)(C)C)nc(OCCN4CCC(CC5CCN(CC6CCN(c7cc(F)c8c(c7F)n(C)c(=O)n8C7CCC(=O)NC7=O)CC6)CC5)CC4)nc3c2F)c2c(C#C[Si](C(C)C)(C(C)C)C(C)C)c(F)ccc2c1. The molecule has 9 heterocycles. The van der Waals surface area contributed by atoms with Gasteiger partial charge in [0.05, 0.1) is 28.7 Å². The van der Waals surface area contributed by atoms with Gasteiger partial charge in [-0.05, 0) is 169 Å². The molecule has 6 fully saturated rings. The third-order valence-corrected chi connectivity index (χ3v) is 28.2. The molecule has 522 valence electrons. The molecule has 0 radical (unpaired) electrons.